The first-order chi connectivity index (χ1) is 15.7. The van der Waals surface area contributed by atoms with Crippen molar-refractivity contribution in [2.24, 2.45) is 13.0 Å². The Morgan fingerprint density at radius 1 is 1.15 bits per heavy atom. The molecule has 33 heavy (non-hydrogen) atoms. The number of anilines is 1. The van der Waals surface area contributed by atoms with Crippen LogP contribution in [-0.4, -0.2) is 32.3 Å². The van der Waals surface area contributed by atoms with Crippen LogP contribution in [-0.2, 0) is 11.8 Å². The second-order valence-electron chi connectivity index (χ2n) is 7.90. The maximum absolute atomic E-state index is 12.7. The Bertz CT molecular complexity index is 1150. The number of hydrogen-bond acceptors (Lipinski definition) is 5. The van der Waals surface area contributed by atoms with Gasteiger partial charge in [-0.1, -0.05) is 37.2 Å². The van der Waals surface area contributed by atoms with E-state index in [-0.39, 0.29) is 29.5 Å². The molecule has 7 nitrogen and oxygen atoms in total. The Morgan fingerprint density at radius 3 is 2.48 bits per heavy atom. The zero-order valence-corrected chi connectivity index (χ0v) is 22.5. The second kappa shape index (κ2) is 11.3. The summed E-state index contributed by atoms with van der Waals surface area (Å²) in [6.45, 7) is 5.97. The van der Waals surface area contributed by atoms with Crippen molar-refractivity contribution in [2.75, 3.05) is 11.1 Å². The van der Waals surface area contributed by atoms with E-state index in [1.807, 2.05) is 50.6 Å². The Hall–Kier alpha value is -2.11. The zero-order chi connectivity index (χ0) is 24.1. The monoisotopic (exact) mass is 597 g/mol. The fourth-order valence-corrected chi connectivity index (χ4v) is 4.65. The van der Waals surface area contributed by atoms with Gasteiger partial charge in [-0.25, -0.2) is 0 Å². The molecule has 0 aliphatic heterocycles. The number of hydrogen-bond donors (Lipinski definition) is 2. The molecule has 0 aliphatic rings. The van der Waals surface area contributed by atoms with Gasteiger partial charge in [-0.15, -0.1) is 10.2 Å². The van der Waals surface area contributed by atoms with Crippen LogP contribution in [0, 0.1) is 16.4 Å². The van der Waals surface area contributed by atoms with Gasteiger partial charge in [0.1, 0.15) is 0 Å². The molecule has 0 bridgehead atoms. The van der Waals surface area contributed by atoms with Gasteiger partial charge in [-0.3, -0.25) is 9.59 Å². The summed E-state index contributed by atoms with van der Waals surface area (Å²) in [7, 11) is 1.84. The third-order valence-electron chi connectivity index (χ3n) is 5.00. The summed E-state index contributed by atoms with van der Waals surface area (Å²) < 4.78 is 2.94. The van der Waals surface area contributed by atoms with E-state index in [2.05, 4.69) is 43.4 Å². The van der Waals surface area contributed by atoms with Crippen LogP contribution in [0.4, 0.5) is 5.69 Å². The lowest BCUT2D eigenvalue weighted by Gasteiger charge is -2.21. The minimum absolute atomic E-state index is 0.0779. The van der Waals surface area contributed by atoms with Gasteiger partial charge in [0.25, 0.3) is 5.91 Å². The SMILES string of the molecule is Cc1cc(I)ccc1NC(=O)CSc1nnc([C@H](NC(=O)c2ccc(Cl)cc2)C(C)C)n1C. The average molecular weight is 598 g/mol. The summed E-state index contributed by atoms with van der Waals surface area (Å²) in [5, 5.41) is 15.7. The Labute approximate surface area is 216 Å². The van der Waals surface area contributed by atoms with Crippen molar-refractivity contribution in [2.45, 2.75) is 32.0 Å². The molecule has 0 unspecified atom stereocenters. The second-order valence-corrected chi connectivity index (χ2v) is 10.5. The number of amides is 2. The molecule has 0 saturated carbocycles. The van der Waals surface area contributed by atoms with Gasteiger partial charge < -0.3 is 15.2 Å². The molecule has 10 heteroatoms. The molecule has 3 rings (SSSR count). The van der Waals surface area contributed by atoms with Gasteiger partial charge >= 0.3 is 0 Å². The molecule has 1 heterocycles. The van der Waals surface area contributed by atoms with Crippen LogP contribution in [0.15, 0.2) is 47.6 Å². The van der Waals surface area contributed by atoms with E-state index in [0.29, 0.717) is 21.6 Å². The van der Waals surface area contributed by atoms with E-state index < -0.39 is 0 Å². The fourth-order valence-electron chi connectivity index (χ4n) is 3.16. The predicted octanol–water partition coefficient (Wildman–Crippen LogP) is 5.24. The lowest BCUT2D eigenvalue weighted by molar-refractivity contribution is -0.113. The van der Waals surface area contributed by atoms with Crippen molar-refractivity contribution in [3.05, 3.63) is 68.0 Å². The quantitative estimate of drug-likeness (QED) is 0.274. The predicted molar refractivity (Wildman–Crippen MR) is 141 cm³/mol. The van der Waals surface area contributed by atoms with Crippen molar-refractivity contribution in [1.82, 2.24) is 20.1 Å². The van der Waals surface area contributed by atoms with Crippen LogP contribution < -0.4 is 10.6 Å². The largest absolute Gasteiger partial charge is 0.342 e. The van der Waals surface area contributed by atoms with E-state index in [0.717, 1.165) is 14.8 Å². The summed E-state index contributed by atoms with van der Waals surface area (Å²) in [6.07, 6.45) is 0. The summed E-state index contributed by atoms with van der Waals surface area (Å²) in [5.74, 6) is 0.568. The highest BCUT2D eigenvalue weighted by Gasteiger charge is 2.25. The standard InChI is InChI=1S/C23H25ClIN5O2S/c1-13(2)20(27-22(32)15-5-7-16(24)8-6-15)21-28-29-23(30(21)4)33-12-19(31)26-18-10-9-17(25)11-14(18)3/h5-11,13,20H,12H2,1-4H3,(H,26,31)(H,27,32)/t20-/m1/s1. The van der Waals surface area contributed by atoms with Gasteiger partial charge in [0.05, 0.1) is 11.8 Å². The smallest absolute Gasteiger partial charge is 0.251 e. The lowest BCUT2D eigenvalue weighted by Crippen LogP contribution is -2.33. The van der Waals surface area contributed by atoms with Crippen LogP contribution in [0.5, 0.6) is 0 Å². The number of thioether (sulfide) groups is 1. The first kappa shape index (κ1) is 25.5. The van der Waals surface area contributed by atoms with Crippen molar-refractivity contribution in [3.63, 3.8) is 0 Å². The first-order valence-electron chi connectivity index (χ1n) is 10.3. The fraction of sp³-hybridized carbons (Fsp3) is 0.304. The molecule has 2 N–H and O–H groups in total. The van der Waals surface area contributed by atoms with Crippen molar-refractivity contribution in [3.8, 4) is 0 Å². The molecule has 174 valence electrons. The van der Waals surface area contributed by atoms with E-state index in [4.69, 9.17) is 11.6 Å². The molecule has 0 saturated heterocycles. The summed E-state index contributed by atoms with van der Waals surface area (Å²) in [4.78, 5) is 25.2. The van der Waals surface area contributed by atoms with Gasteiger partial charge in [-0.05, 0) is 83.5 Å². The van der Waals surface area contributed by atoms with Gasteiger partial charge in [0.15, 0.2) is 11.0 Å². The third kappa shape index (κ3) is 6.70. The van der Waals surface area contributed by atoms with E-state index in [1.165, 1.54) is 11.8 Å². The molecule has 0 spiro atoms. The average Bonchev–Trinajstić information content (AvgIpc) is 3.12. The molecule has 0 radical (unpaired) electrons. The van der Waals surface area contributed by atoms with Crippen LogP contribution in [0.1, 0.15) is 41.6 Å². The molecule has 1 aromatic heterocycles. The van der Waals surface area contributed by atoms with Crippen LogP contribution in [0.3, 0.4) is 0 Å². The molecule has 0 fully saturated rings. The molecular weight excluding hydrogens is 573 g/mol. The molecular formula is C23H25ClIN5O2S. The summed E-state index contributed by atoms with van der Waals surface area (Å²) in [6, 6.07) is 12.3. The molecule has 1 atom stereocenters. The molecule has 3 aromatic rings. The van der Waals surface area contributed by atoms with Crippen LogP contribution in [0.25, 0.3) is 0 Å². The number of rotatable bonds is 8. The maximum atomic E-state index is 12.7. The molecule has 0 aliphatic carbocycles. The highest BCUT2D eigenvalue weighted by atomic mass is 127. The molecule has 2 aromatic carbocycles. The van der Waals surface area contributed by atoms with E-state index in [9.17, 15) is 9.59 Å². The summed E-state index contributed by atoms with van der Waals surface area (Å²) in [5.41, 5.74) is 2.33. The normalized spacial score (nSPS) is 12.0. The Kier molecular flexibility index (Phi) is 8.77. The minimum Gasteiger partial charge on any atom is -0.342 e. The maximum Gasteiger partial charge on any atom is 0.251 e. The van der Waals surface area contributed by atoms with Crippen LogP contribution >= 0.6 is 46.0 Å². The Balaban J connectivity index is 1.66. The minimum atomic E-state index is -0.344. The van der Waals surface area contributed by atoms with Crippen molar-refractivity contribution >= 4 is 63.5 Å². The first-order valence-corrected chi connectivity index (χ1v) is 12.7. The highest BCUT2D eigenvalue weighted by molar-refractivity contribution is 14.1. The van der Waals surface area contributed by atoms with Gasteiger partial charge in [0.2, 0.25) is 5.91 Å². The van der Waals surface area contributed by atoms with Crippen LogP contribution in [0.2, 0.25) is 5.02 Å². The summed E-state index contributed by atoms with van der Waals surface area (Å²) >= 11 is 9.46. The van der Waals surface area contributed by atoms with E-state index in [1.54, 1.807) is 24.3 Å². The van der Waals surface area contributed by atoms with Gasteiger partial charge in [-0.2, -0.15) is 0 Å². The number of halogens is 2. The number of nitrogens with one attached hydrogen (secondary N) is 2. The topological polar surface area (TPSA) is 88.9 Å². The van der Waals surface area contributed by atoms with E-state index >= 15 is 0 Å². The number of benzene rings is 2. The van der Waals surface area contributed by atoms with Crippen molar-refractivity contribution in [1.29, 1.82) is 0 Å². The number of carbonyl (C=O) groups excluding carboxylic acids is 2. The number of aromatic nitrogens is 3. The number of nitrogens with zero attached hydrogens (tertiary/aromatic N) is 3. The number of carbonyl (C=O) groups is 2. The molecule has 2 amide bonds. The lowest BCUT2D eigenvalue weighted by atomic mass is 10.0. The van der Waals surface area contributed by atoms with Crippen molar-refractivity contribution < 1.29 is 9.59 Å². The zero-order valence-electron chi connectivity index (χ0n) is 18.7. The Morgan fingerprint density at radius 2 is 1.85 bits per heavy atom. The van der Waals surface area contributed by atoms with Gasteiger partial charge in [0, 0.05) is 26.9 Å². The third-order valence-corrected chi connectivity index (χ3v) is 6.94. The highest BCUT2D eigenvalue weighted by Crippen LogP contribution is 2.25. The number of aryl methyl sites for hydroxylation is 1.